The first-order valence-corrected chi connectivity index (χ1v) is 7.14. The van der Waals surface area contributed by atoms with Crippen molar-refractivity contribution >= 4 is 11.6 Å². The summed E-state index contributed by atoms with van der Waals surface area (Å²) in [6.45, 7) is 0.825. The van der Waals surface area contributed by atoms with Crippen LogP contribution in [0.5, 0.6) is 0 Å². The van der Waals surface area contributed by atoms with Gasteiger partial charge in [0.25, 0.3) is 0 Å². The zero-order valence-electron chi connectivity index (χ0n) is 11.5. The number of hydrogen-bond donors (Lipinski definition) is 1. The van der Waals surface area contributed by atoms with E-state index in [-0.39, 0.29) is 10.9 Å². The fourth-order valence-corrected chi connectivity index (χ4v) is 3.24. The SMILES string of the molecule is CN(C)CC1CCCCC1(O)c1ccc(F)c(Cl)c1. The molecule has 0 aromatic heterocycles. The standard InChI is InChI=1S/C15H21ClFNO/c1-18(2)10-12-5-3-4-8-15(12,19)11-6-7-14(17)13(16)9-11/h6-7,9,12,19H,3-5,8,10H2,1-2H3. The van der Waals surface area contributed by atoms with E-state index in [4.69, 9.17) is 11.6 Å². The largest absolute Gasteiger partial charge is 0.385 e. The molecule has 1 aromatic carbocycles. The van der Waals surface area contributed by atoms with Crippen LogP contribution >= 0.6 is 11.6 Å². The Morgan fingerprint density at radius 1 is 1.42 bits per heavy atom. The van der Waals surface area contributed by atoms with Crippen LogP contribution in [0.4, 0.5) is 4.39 Å². The first-order valence-electron chi connectivity index (χ1n) is 6.76. The van der Waals surface area contributed by atoms with Crippen molar-refractivity contribution in [2.75, 3.05) is 20.6 Å². The Morgan fingerprint density at radius 3 is 2.79 bits per heavy atom. The highest BCUT2D eigenvalue weighted by atomic mass is 35.5. The Labute approximate surface area is 119 Å². The first-order chi connectivity index (χ1) is 8.93. The van der Waals surface area contributed by atoms with Gasteiger partial charge in [-0.3, -0.25) is 0 Å². The molecule has 106 valence electrons. The lowest BCUT2D eigenvalue weighted by Gasteiger charge is -2.41. The molecule has 2 nitrogen and oxygen atoms in total. The third kappa shape index (κ3) is 3.10. The van der Waals surface area contributed by atoms with Crippen LogP contribution in [0.1, 0.15) is 31.2 Å². The predicted molar refractivity (Wildman–Crippen MR) is 75.8 cm³/mol. The molecule has 0 spiro atoms. The zero-order valence-corrected chi connectivity index (χ0v) is 12.3. The summed E-state index contributed by atoms with van der Waals surface area (Å²) in [5.74, 6) is -0.272. The maximum absolute atomic E-state index is 13.3. The molecule has 0 radical (unpaired) electrons. The Bertz CT molecular complexity index is 452. The van der Waals surface area contributed by atoms with Crippen molar-refractivity contribution in [2.45, 2.75) is 31.3 Å². The molecule has 1 fully saturated rings. The van der Waals surface area contributed by atoms with Crippen LogP contribution in [0.3, 0.4) is 0 Å². The minimum atomic E-state index is -0.889. The van der Waals surface area contributed by atoms with Crippen LogP contribution in [0.2, 0.25) is 5.02 Å². The topological polar surface area (TPSA) is 23.5 Å². The van der Waals surface area contributed by atoms with Crippen LogP contribution in [0.15, 0.2) is 18.2 Å². The second-order valence-electron chi connectivity index (χ2n) is 5.76. The number of halogens is 2. The van der Waals surface area contributed by atoms with Crippen molar-refractivity contribution < 1.29 is 9.50 Å². The smallest absolute Gasteiger partial charge is 0.141 e. The summed E-state index contributed by atoms with van der Waals surface area (Å²) >= 11 is 5.85. The third-order valence-corrected chi connectivity index (χ3v) is 4.33. The average molecular weight is 286 g/mol. The molecule has 0 saturated heterocycles. The van der Waals surface area contributed by atoms with Crippen LogP contribution in [-0.4, -0.2) is 30.6 Å². The molecular formula is C15H21ClFNO. The monoisotopic (exact) mass is 285 g/mol. The van der Waals surface area contributed by atoms with E-state index in [1.807, 2.05) is 14.1 Å². The minimum absolute atomic E-state index is 0.0834. The third-order valence-electron chi connectivity index (χ3n) is 4.04. The molecule has 1 aliphatic carbocycles. The van der Waals surface area contributed by atoms with Crippen molar-refractivity contribution in [3.8, 4) is 0 Å². The molecule has 0 amide bonds. The second kappa shape index (κ2) is 5.78. The highest BCUT2D eigenvalue weighted by Crippen LogP contribution is 2.42. The van der Waals surface area contributed by atoms with E-state index in [2.05, 4.69) is 4.90 Å². The highest BCUT2D eigenvalue weighted by Gasteiger charge is 2.40. The Hall–Kier alpha value is -0.640. The number of rotatable bonds is 3. The van der Waals surface area contributed by atoms with Gasteiger partial charge in [-0.25, -0.2) is 4.39 Å². The molecule has 1 saturated carbocycles. The Kier molecular flexibility index (Phi) is 4.49. The van der Waals surface area contributed by atoms with Crippen molar-refractivity contribution in [1.29, 1.82) is 0 Å². The van der Waals surface area contributed by atoms with Gasteiger partial charge in [-0.15, -0.1) is 0 Å². The van der Waals surface area contributed by atoms with E-state index in [0.29, 0.717) is 6.42 Å². The van der Waals surface area contributed by atoms with Gasteiger partial charge in [-0.05, 0) is 44.6 Å². The van der Waals surface area contributed by atoms with Gasteiger partial charge in [0.2, 0.25) is 0 Å². The molecule has 4 heteroatoms. The number of aliphatic hydroxyl groups is 1. The van der Waals surface area contributed by atoms with E-state index in [0.717, 1.165) is 31.4 Å². The van der Waals surface area contributed by atoms with Crippen LogP contribution < -0.4 is 0 Å². The molecule has 2 rings (SSSR count). The van der Waals surface area contributed by atoms with Crippen LogP contribution in [-0.2, 0) is 5.60 Å². The summed E-state index contributed by atoms with van der Waals surface area (Å²) in [4.78, 5) is 2.09. The van der Waals surface area contributed by atoms with Gasteiger partial charge in [0.05, 0.1) is 10.6 Å². The molecular weight excluding hydrogens is 265 g/mol. The maximum Gasteiger partial charge on any atom is 0.141 e. The van der Waals surface area contributed by atoms with Crippen molar-refractivity contribution in [1.82, 2.24) is 4.90 Å². The van der Waals surface area contributed by atoms with Crippen molar-refractivity contribution in [3.05, 3.63) is 34.6 Å². The zero-order chi connectivity index (χ0) is 14.0. The fraction of sp³-hybridized carbons (Fsp3) is 0.600. The van der Waals surface area contributed by atoms with Crippen molar-refractivity contribution in [2.24, 2.45) is 5.92 Å². The fourth-order valence-electron chi connectivity index (χ4n) is 3.06. The Morgan fingerprint density at radius 2 is 2.16 bits per heavy atom. The molecule has 0 heterocycles. The van der Waals surface area contributed by atoms with Crippen LogP contribution in [0.25, 0.3) is 0 Å². The molecule has 2 atom stereocenters. The van der Waals surface area contributed by atoms with Crippen LogP contribution in [0, 0.1) is 11.7 Å². The molecule has 0 bridgehead atoms. The summed E-state index contributed by atoms with van der Waals surface area (Å²) in [6, 6.07) is 4.58. The lowest BCUT2D eigenvalue weighted by Crippen LogP contribution is -2.43. The second-order valence-corrected chi connectivity index (χ2v) is 6.17. The molecule has 1 N–H and O–H groups in total. The van der Waals surface area contributed by atoms with E-state index >= 15 is 0 Å². The normalized spacial score (nSPS) is 27.8. The van der Waals surface area contributed by atoms with Gasteiger partial charge in [-0.2, -0.15) is 0 Å². The van der Waals surface area contributed by atoms with E-state index < -0.39 is 11.4 Å². The molecule has 19 heavy (non-hydrogen) atoms. The quantitative estimate of drug-likeness (QED) is 0.920. The summed E-state index contributed by atoms with van der Waals surface area (Å²) in [5.41, 5.74) is -0.148. The average Bonchev–Trinajstić information content (AvgIpc) is 2.35. The molecule has 2 unspecified atom stereocenters. The molecule has 1 aliphatic rings. The summed E-state index contributed by atoms with van der Waals surface area (Å²) in [6.07, 6.45) is 3.84. The molecule has 0 aliphatic heterocycles. The predicted octanol–water partition coefficient (Wildman–Crippen LogP) is 3.42. The number of benzene rings is 1. The first kappa shape index (κ1) is 14.8. The molecule has 1 aromatic rings. The van der Waals surface area contributed by atoms with E-state index in [9.17, 15) is 9.50 Å². The van der Waals surface area contributed by atoms with Gasteiger partial charge in [-0.1, -0.05) is 30.5 Å². The number of hydrogen-bond acceptors (Lipinski definition) is 2. The van der Waals surface area contributed by atoms with E-state index in [1.165, 1.54) is 6.07 Å². The van der Waals surface area contributed by atoms with Gasteiger partial charge < -0.3 is 10.0 Å². The summed E-state index contributed by atoms with van der Waals surface area (Å²) in [7, 11) is 4.01. The Balaban J connectivity index is 2.33. The van der Waals surface area contributed by atoms with Gasteiger partial charge in [0, 0.05) is 12.5 Å². The van der Waals surface area contributed by atoms with Gasteiger partial charge in [0.1, 0.15) is 5.82 Å². The number of nitrogens with zero attached hydrogens (tertiary/aromatic N) is 1. The lowest BCUT2D eigenvalue weighted by atomic mass is 9.71. The van der Waals surface area contributed by atoms with Gasteiger partial charge >= 0.3 is 0 Å². The van der Waals surface area contributed by atoms with Crippen molar-refractivity contribution in [3.63, 3.8) is 0 Å². The summed E-state index contributed by atoms with van der Waals surface area (Å²) in [5, 5.41) is 11.1. The summed E-state index contributed by atoms with van der Waals surface area (Å²) < 4.78 is 13.3. The van der Waals surface area contributed by atoms with Gasteiger partial charge in [0.15, 0.2) is 0 Å². The highest BCUT2D eigenvalue weighted by molar-refractivity contribution is 6.30. The van der Waals surface area contributed by atoms with E-state index in [1.54, 1.807) is 12.1 Å². The lowest BCUT2D eigenvalue weighted by molar-refractivity contribution is -0.0618. The maximum atomic E-state index is 13.3. The minimum Gasteiger partial charge on any atom is -0.385 e.